The number of aromatic nitrogens is 3. The van der Waals surface area contributed by atoms with E-state index in [9.17, 15) is 13.6 Å². The number of hydrogen-bond donors (Lipinski definition) is 2. The van der Waals surface area contributed by atoms with Gasteiger partial charge in [0.1, 0.15) is 29.2 Å². The summed E-state index contributed by atoms with van der Waals surface area (Å²) in [5.74, 6) is 5.83. The second-order valence-electron chi connectivity index (χ2n) is 6.92. The monoisotopic (exact) mass is 467 g/mol. The van der Waals surface area contributed by atoms with Crippen molar-refractivity contribution in [1.29, 1.82) is 0 Å². The summed E-state index contributed by atoms with van der Waals surface area (Å²) < 4.78 is 33.1. The summed E-state index contributed by atoms with van der Waals surface area (Å²) in [6.45, 7) is 0.00741. The van der Waals surface area contributed by atoms with E-state index in [1.54, 1.807) is 0 Å². The number of nitrogens with one attached hydrogen (secondary N) is 1. The Morgan fingerprint density at radius 3 is 2.27 bits per heavy atom. The van der Waals surface area contributed by atoms with Crippen LogP contribution >= 0.6 is 11.8 Å². The molecule has 4 aromatic rings. The van der Waals surface area contributed by atoms with Crippen molar-refractivity contribution in [3.8, 4) is 5.75 Å². The molecule has 1 atom stereocenters. The maximum absolute atomic E-state index is 13.2. The van der Waals surface area contributed by atoms with Gasteiger partial charge in [0.25, 0.3) is 0 Å². The van der Waals surface area contributed by atoms with Gasteiger partial charge >= 0.3 is 0 Å². The molecule has 7 nitrogen and oxygen atoms in total. The fraction of sp³-hybridized carbons (Fsp3) is 0.0870. The van der Waals surface area contributed by atoms with Gasteiger partial charge in [0.05, 0.1) is 0 Å². The molecule has 4 rings (SSSR count). The number of thioether (sulfide) groups is 1. The topological polar surface area (TPSA) is 95.1 Å². The van der Waals surface area contributed by atoms with Gasteiger partial charge in [0, 0.05) is 5.69 Å². The molecule has 0 spiro atoms. The molecule has 0 saturated carbocycles. The lowest BCUT2D eigenvalue weighted by molar-refractivity contribution is -0.115. The first-order valence-corrected chi connectivity index (χ1v) is 10.7. The highest BCUT2D eigenvalue weighted by Crippen LogP contribution is 2.35. The van der Waals surface area contributed by atoms with Crippen LogP contribution < -0.4 is 15.9 Å². The van der Waals surface area contributed by atoms with Gasteiger partial charge in [-0.3, -0.25) is 4.79 Å². The number of nitrogen functional groups attached to an aromatic ring is 1. The van der Waals surface area contributed by atoms with Crippen LogP contribution in [0.2, 0.25) is 0 Å². The van der Waals surface area contributed by atoms with Crippen molar-refractivity contribution in [3.63, 3.8) is 0 Å². The number of rotatable bonds is 8. The Morgan fingerprint density at radius 1 is 0.970 bits per heavy atom. The Hall–Kier alpha value is -3.92. The normalized spacial score (nSPS) is 11.7. The van der Waals surface area contributed by atoms with Crippen molar-refractivity contribution < 1.29 is 18.3 Å². The Bertz CT molecular complexity index is 1220. The quantitative estimate of drug-likeness (QED) is 0.296. The van der Waals surface area contributed by atoms with E-state index < -0.39 is 11.1 Å². The van der Waals surface area contributed by atoms with E-state index in [4.69, 9.17) is 10.6 Å². The van der Waals surface area contributed by atoms with E-state index >= 15 is 0 Å². The highest BCUT2D eigenvalue weighted by atomic mass is 32.2. The minimum Gasteiger partial charge on any atom is -0.486 e. The maximum atomic E-state index is 13.2. The number of nitrogens with zero attached hydrogens (tertiary/aromatic N) is 3. The highest BCUT2D eigenvalue weighted by molar-refractivity contribution is 8.00. The van der Waals surface area contributed by atoms with Crippen LogP contribution in [0.5, 0.6) is 5.75 Å². The number of ether oxygens (including phenoxy) is 1. The predicted molar refractivity (Wildman–Crippen MR) is 121 cm³/mol. The number of anilines is 1. The van der Waals surface area contributed by atoms with Crippen LogP contribution in [0, 0.1) is 11.6 Å². The molecular weight excluding hydrogens is 448 g/mol. The van der Waals surface area contributed by atoms with E-state index in [0.717, 1.165) is 17.3 Å². The predicted octanol–water partition coefficient (Wildman–Crippen LogP) is 4.32. The third kappa shape index (κ3) is 5.66. The molecule has 33 heavy (non-hydrogen) atoms. The SMILES string of the molecule is Nn1c(COc2ccc(F)cc2)nnc1SC(C(=O)Nc1ccc(F)cc1)c1ccccc1. The van der Waals surface area contributed by atoms with Gasteiger partial charge in [0.15, 0.2) is 5.82 Å². The highest BCUT2D eigenvalue weighted by Gasteiger charge is 2.25. The molecular formula is C23H19F2N5O2S. The summed E-state index contributed by atoms with van der Waals surface area (Å²) >= 11 is 1.12. The van der Waals surface area contributed by atoms with Crippen LogP contribution in [0.3, 0.4) is 0 Å². The summed E-state index contributed by atoms with van der Waals surface area (Å²) in [4.78, 5) is 13.1. The smallest absolute Gasteiger partial charge is 0.242 e. The third-order valence-electron chi connectivity index (χ3n) is 4.59. The molecule has 1 heterocycles. The molecule has 0 aliphatic rings. The maximum Gasteiger partial charge on any atom is 0.242 e. The Kier molecular flexibility index (Phi) is 6.84. The van der Waals surface area contributed by atoms with Crippen LogP contribution in [-0.4, -0.2) is 20.8 Å². The van der Waals surface area contributed by atoms with Gasteiger partial charge in [-0.1, -0.05) is 42.1 Å². The first-order chi connectivity index (χ1) is 16.0. The first kappa shape index (κ1) is 22.3. The molecule has 0 aliphatic heterocycles. The summed E-state index contributed by atoms with van der Waals surface area (Å²) in [5.41, 5.74) is 1.19. The van der Waals surface area contributed by atoms with E-state index in [2.05, 4.69) is 15.5 Å². The minimum atomic E-state index is -0.700. The zero-order chi connectivity index (χ0) is 23.2. The van der Waals surface area contributed by atoms with Gasteiger partial charge in [-0.15, -0.1) is 10.2 Å². The lowest BCUT2D eigenvalue weighted by atomic mass is 10.1. The van der Waals surface area contributed by atoms with E-state index in [-0.39, 0.29) is 18.3 Å². The lowest BCUT2D eigenvalue weighted by Gasteiger charge is -2.16. The number of amides is 1. The molecule has 0 aliphatic carbocycles. The molecule has 0 bridgehead atoms. The molecule has 0 saturated heterocycles. The second kappa shape index (κ2) is 10.1. The van der Waals surface area contributed by atoms with Crippen molar-refractivity contribution in [2.75, 3.05) is 11.2 Å². The number of nitrogens with two attached hydrogens (primary N) is 1. The van der Waals surface area contributed by atoms with Crippen LogP contribution in [0.15, 0.2) is 84.0 Å². The van der Waals surface area contributed by atoms with E-state index in [0.29, 0.717) is 22.4 Å². The zero-order valence-electron chi connectivity index (χ0n) is 17.2. The minimum absolute atomic E-state index is 0.00741. The first-order valence-electron chi connectivity index (χ1n) is 9.85. The molecule has 3 aromatic carbocycles. The van der Waals surface area contributed by atoms with E-state index in [1.807, 2.05) is 30.3 Å². The fourth-order valence-corrected chi connectivity index (χ4v) is 3.89. The van der Waals surface area contributed by atoms with E-state index in [1.165, 1.54) is 53.2 Å². The number of benzene rings is 3. The molecule has 1 unspecified atom stereocenters. The molecule has 0 fully saturated rings. The number of hydrogen-bond acceptors (Lipinski definition) is 6. The van der Waals surface area contributed by atoms with Gasteiger partial charge in [-0.25, -0.2) is 13.5 Å². The largest absolute Gasteiger partial charge is 0.486 e. The third-order valence-corrected chi connectivity index (χ3v) is 5.80. The Balaban J connectivity index is 1.50. The standard InChI is InChI=1S/C23H19F2N5O2S/c24-16-6-10-18(11-7-16)27-22(31)21(15-4-2-1-3-5-15)33-23-29-28-20(30(23)26)14-32-19-12-8-17(25)9-13-19/h1-13,21H,14,26H2,(H,27,31). The molecule has 0 radical (unpaired) electrons. The van der Waals surface area contributed by atoms with Crippen molar-refractivity contribution >= 4 is 23.4 Å². The summed E-state index contributed by atoms with van der Waals surface area (Å²) in [7, 11) is 0. The van der Waals surface area contributed by atoms with Crippen molar-refractivity contribution in [2.24, 2.45) is 0 Å². The summed E-state index contributed by atoms with van der Waals surface area (Å²) in [6.07, 6.45) is 0. The van der Waals surface area contributed by atoms with Gasteiger partial charge in [-0.2, -0.15) is 0 Å². The molecule has 1 aromatic heterocycles. The van der Waals surface area contributed by atoms with Crippen LogP contribution in [0.4, 0.5) is 14.5 Å². The van der Waals surface area contributed by atoms with Crippen LogP contribution in [0.1, 0.15) is 16.6 Å². The van der Waals surface area contributed by atoms with Crippen LogP contribution in [0.25, 0.3) is 0 Å². The average molecular weight is 468 g/mol. The molecule has 3 N–H and O–H groups in total. The average Bonchev–Trinajstić information content (AvgIpc) is 3.18. The second-order valence-corrected chi connectivity index (χ2v) is 7.99. The Morgan fingerprint density at radius 2 is 1.61 bits per heavy atom. The lowest BCUT2D eigenvalue weighted by Crippen LogP contribution is -2.21. The number of carbonyl (C=O) groups is 1. The van der Waals surface area contributed by atoms with Crippen LogP contribution in [-0.2, 0) is 11.4 Å². The van der Waals surface area contributed by atoms with Gasteiger partial charge in [-0.05, 0) is 54.1 Å². The van der Waals surface area contributed by atoms with Crippen molar-refractivity contribution in [2.45, 2.75) is 17.0 Å². The van der Waals surface area contributed by atoms with Gasteiger partial charge in [0.2, 0.25) is 11.1 Å². The van der Waals surface area contributed by atoms with Crippen molar-refractivity contribution in [3.05, 3.63) is 102 Å². The molecule has 10 heteroatoms. The Labute approximate surface area is 192 Å². The summed E-state index contributed by atoms with van der Waals surface area (Å²) in [5, 5.41) is 10.5. The summed E-state index contributed by atoms with van der Waals surface area (Å²) in [6, 6.07) is 20.2. The van der Waals surface area contributed by atoms with Crippen molar-refractivity contribution in [1.82, 2.24) is 14.9 Å². The molecule has 1 amide bonds. The van der Waals surface area contributed by atoms with Gasteiger partial charge < -0.3 is 15.9 Å². The number of carbonyl (C=O) groups excluding carboxylic acids is 1. The number of halogens is 2. The zero-order valence-corrected chi connectivity index (χ0v) is 18.0. The fourth-order valence-electron chi connectivity index (χ4n) is 2.91. The molecule has 168 valence electrons.